The number of hydrogen-bond acceptors (Lipinski definition) is 3. The number of para-hydroxylation sites is 1. The minimum absolute atomic E-state index is 0.0264. The molecule has 1 fully saturated rings. The highest BCUT2D eigenvalue weighted by molar-refractivity contribution is 7.80. The molecular formula is C30H32ClN5S. The van der Waals surface area contributed by atoms with Crippen LogP contribution in [0.4, 0.5) is 5.69 Å². The summed E-state index contributed by atoms with van der Waals surface area (Å²) in [4.78, 5) is 7.03. The van der Waals surface area contributed by atoms with Crippen LogP contribution in [0.15, 0.2) is 79.0 Å². The number of aromatic nitrogens is 2. The molecule has 0 saturated carbocycles. The van der Waals surface area contributed by atoms with Gasteiger partial charge in [-0.3, -0.25) is 4.98 Å². The standard InChI is InChI=1S/C30H32ClN5S/c1-20-19-24(22(3)36(20)27-15-9-13-25(31)21(27)2)29-28(26-14-7-8-16-33-26)34-30(37)35(29)18-10-17-32-23-11-5-4-6-12-23/h4-9,11-16,19,28-29,32H,10,17-18H2,1-3H3,(H,34,37)/t28-,29+/m0/s1. The monoisotopic (exact) mass is 529 g/mol. The van der Waals surface area contributed by atoms with Gasteiger partial charge in [-0.15, -0.1) is 0 Å². The summed E-state index contributed by atoms with van der Waals surface area (Å²) in [6.07, 6.45) is 2.80. The van der Waals surface area contributed by atoms with Gasteiger partial charge < -0.3 is 20.1 Å². The lowest BCUT2D eigenvalue weighted by molar-refractivity contribution is 0.315. The zero-order valence-electron chi connectivity index (χ0n) is 21.4. The maximum Gasteiger partial charge on any atom is 0.170 e. The average Bonchev–Trinajstić information content (AvgIpc) is 3.39. The van der Waals surface area contributed by atoms with Gasteiger partial charge in [-0.2, -0.15) is 0 Å². The van der Waals surface area contributed by atoms with Crippen molar-refractivity contribution in [2.24, 2.45) is 0 Å². The molecule has 0 amide bonds. The molecule has 1 aliphatic heterocycles. The molecule has 5 rings (SSSR count). The van der Waals surface area contributed by atoms with Gasteiger partial charge in [0.15, 0.2) is 5.11 Å². The first kappa shape index (κ1) is 25.3. The molecule has 0 aliphatic carbocycles. The SMILES string of the molecule is Cc1c(Cl)cccc1-n1c(C)cc([C@@H]2[C@H](c3ccccn3)NC(=S)N2CCCNc2ccccc2)c1C. The van der Waals surface area contributed by atoms with E-state index in [1.807, 2.05) is 48.7 Å². The Bertz CT molecular complexity index is 1390. The third kappa shape index (κ3) is 5.09. The highest BCUT2D eigenvalue weighted by atomic mass is 35.5. The molecule has 3 heterocycles. The molecule has 37 heavy (non-hydrogen) atoms. The van der Waals surface area contributed by atoms with Gasteiger partial charge in [0.05, 0.1) is 17.8 Å². The summed E-state index contributed by atoms with van der Waals surface area (Å²) in [5.41, 5.74) is 7.90. The third-order valence-corrected chi connectivity index (χ3v) is 7.91. The summed E-state index contributed by atoms with van der Waals surface area (Å²) in [5.74, 6) is 0. The summed E-state index contributed by atoms with van der Waals surface area (Å²) >= 11 is 12.4. The predicted octanol–water partition coefficient (Wildman–Crippen LogP) is 6.93. The number of aryl methyl sites for hydroxylation is 1. The van der Waals surface area contributed by atoms with E-state index in [0.29, 0.717) is 0 Å². The fourth-order valence-electron chi connectivity index (χ4n) is 5.32. The van der Waals surface area contributed by atoms with E-state index in [-0.39, 0.29) is 12.1 Å². The fourth-order valence-corrected chi connectivity index (χ4v) is 5.82. The van der Waals surface area contributed by atoms with Gasteiger partial charge in [0.2, 0.25) is 0 Å². The first-order valence-corrected chi connectivity index (χ1v) is 13.5. The quantitative estimate of drug-likeness (QED) is 0.191. The second kappa shape index (κ2) is 11.0. The number of pyridine rings is 1. The van der Waals surface area contributed by atoms with Crippen LogP contribution >= 0.6 is 23.8 Å². The maximum absolute atomic E-state index is 6.50. The first-order valence-electron chi connectivity index (χ1n) is 12.7. The van der Waals surface area contributed by atoms with Crippen LogP contribution < -0.4 is 10.6 Å². The van der Waals surface area contributed by atoms with Crippen molar-refractivity contribution >= 4 is 34.6 Å². The Morgan fingerprint density at radius 3 is 2.54 bits per heavy atom. The number of anilines is 1. The van der Waals surface area contributed by atoms with Crippen molar-refractivity contribution in [3.63, 3.8) is 0 Å². The predicted molar refractivity (Wildman–Crippen MR) is 157 cm³/mol. The lowest BCUT2D eigenvalue weighted by atomic mass is 9.96. The minimum Gasteiger partial charge on any atom is -0.385 e. The average molecular weight is 530 g/mol. The molecule has 2 atom stereocenters. The number of nitrogens with zero attached hydrogens (tertiary/aromatic N) is 3. The van der Waals surface area contributed by atoms with E-state index in [1.165, 1.54) is 17.0 Å². The van der Waals surface area contributed by atoms with Gasteiger partial charge in [0.1, 0.15) is 0 Å². The lowest BCUT2D eigenvalue weighted by Crippen LogP contribution is -2.31. The zero-order chi connectivity index (χ0) is 25.9. The molecule has 7 heteroatoms. The van der Waals surface area contributed by atoms with Gasteiger partial charge >= 0.3 is 0 Å². The molecule has 2 aromatic carbocycles. The number of hydrogen-bond donors (Lipinski definition) is 2. The number of rotatable bonds is 8. The van der Waals surface area contributed by atoms with E-state index in [4.69, 9.17) is 28.8 Å². The van der Waals surface area contributed by atoms with Crippen LogP contribution in [0, 0.1) is 20.8 Å². The highest BCUT2D eigenvalue weighted by Gasteiger charge is 2.41. The summed E-state index contributed by atoms with van der Waals surface area (Å²) in [7, 11) is 0. The second-order valence-corrected chi connectivity index (χ2v) is 10.3. The van der Waals surface area contributed by atoms with E-state index < -0.39 is 0 Å². The molecule has 0 unspecified atom stereocenters. The number of halogens is 1. The summed E-state index contributed by atoms with van der Waals surface area (Å²) in [6.45, 7) is 8.12. The highest BCUT2D eigenvalue weighted by Crippen LogP contribution is 2.41. The van der Waals surface area contributed by atoms with Crippen LogP contribution in [-0.2, 0) is 0 Å². The molecule has 0 spiro atoms. The third-order valence-electron chi connectivity index (χ3n) is 7.15. The van der Waals surface area contributed by atoms with E-state index in [0.717, 1.165) is 52.3 Å². The normalized spacial score (nSPS) is 17.2. The van der Waals surface area contributed by atoms with E-state index in [9.17, 15) is 0 Å². The Morgan fingerprint density at radius 2 is 1.78 bits per heavy atom. The van der Waals surface area contributed by atoms with Gasteiger partial charge in [-0.1, -0.05) is 41.9 Å². The van der Waals surface area contributed by atoms with Crippen molar-refractivity contribution in [2.75, 3.05) is 18.4 Å². The second-order valence-electron chi connectivity index (χ2n) is 9.51. The van der Waals surface area contributed by atoms with Crippen LogP contribution in [0.25, 0.3) is 5.69 Å². The first-order chi connectivity index (χ1) is 18.0. The molecule has 0 bridgehead atoms. The number of benzene rings is 2. The van der Waals surface area contributed by atoms with Crippen molar-refractivity contribution in [1.82, 2.24) is 19.8 Å². The van der Waals surface area contributed by atoms with Gasteiger partial charge in [-0.05, 0) is 93.0 Å². The van der Waals surface area contributed by atoms with Gasteiger partial charge in [-0.25, -0.2) is 0 Å². The van der Waals surface area contributed by atoms with Crippen molar-refractivity contribution in [1.29, 1.82) is 0 Å². The van der Waals surface area contributed by atoms with Gasteiger partial charge in [0, 0.05) is 47.1 Å². The molecule has 5 nitrogen and oxygen atoms in total. The Morgan fingerprint density at radius 1 is 1.00 bits per heavy atom. The Labute approximate surface area is 229 Å². The van der Waals surface area contributed by atoms with Gasteiger partial charge in [0.25, 0.3) is 0 Å². The summed E-state index contributed by atoms with van der Waals surface area (Å²) in [6, 6.07) is 24.7. The molecule has 0 radical (unpaired) electrons. The lowest BCUT2D eigenvalue weighted by Gasteiger charge is -2.28. The molecular weight excluding hydrogens is 498 g/mol. The van der Waals surface area contributed by atoms with E-state index in [1.54, 1.807) is 0 Å². The smallest absolute Gasteiger partial charge is 0.170 e. The van der Waals surface area contributed by atoms with Crippen molar-refractivity contribution in [2.45, 2.75) is 39.3 Å². The Kier molecular flexibility index (Phi) is 7.49. The fraction of sp³-hybridized carbons (Fsp3) is 0.267. The Hall–Kier alpha value is -3.35. The van der Waals surface area contributed by atoms with E-state index in [2.05, 4.69) is 71.2 Å². The van der Waals surface area contributed by atoms with Crippen LogP contribution in [-0.4, -0.2) is 32.7 Å². The topological polar surface area (TPSA) is 45.1 Å². The van der Waals surface area contributed by atoms with Crippen LogP contribution in [0.1, 0.15) is 46.7 Å². The molecule has 1 saturated heterocycles. The molecule has 2 aromatic heterocycles. The molecule has 1 aliphatic rings. The van der Waals surface area contributed by atoms with E-state index >= 15 is 0 Å². The van der Waals surface area contributed by atoms with Crippen molar-refractivity contribution in [3.05, 3.63) is 112 Å². The molecule has 2 N–H and O–H groups in total. The van der Waals surface area contributed by atoms with Crippen molar-refractivity contribution in [3.8, 4) is 5.69 Å². The maximum atomic E-state index is 6.50. The molecule has 4 aromatic rings. The summed E-state index contributed by atoms with van der Waals surface area (Å²) in [5, 5.41) is 8.65. The Balaban J connectivity index is 1.48. The van der Waals surface area contributed by atoms with Crippen LogP contribution in [0.3, 0.4) is 0 Å². The van der Waals surface area contributed by atoms with Crippen LogP contribution in [0.5, 0.6) is 0 Å². The summed E-state index contributed by atoms with van der Waals surface area (Å²) < 4.78 is 2.31. The number of thiocarbonyl (C=S) groups is 1. The largest absolute Gasteiger partial charge is 0.385 e. The van der Waals surface area contributed by atoms with Crippen molar-refractivity contribution < 1.29 is 0 Å². The number of nitrogens with one attached hydrogen (secondary N) is 2. The zero-order valence-corrected chi connectivity index (χ0v) is 23.0. The molecule has 190 valence electrons. The van der Waals surface area contributed by atoms with Crippen LogP contribution in [0.2, 0.25) is 5.02 Å². The minimum atomic E-state index is -0.0369.